The summed E-state index contributed by atoms with van der Waals surface area (Å²) in [6.45, 7) is 2.71. The zero-order chi connectivity index (χ0) is 15.6. The molecular weight excluding hydrogens is 295 g/mol. The molecule has 1 N–H and O–H groups in total. The summed E-state index contributed by atoms with van der Waals surface area (Å²) in [6.07, 6.45) is -1.12. The molecule has 22 heavy (non-hydrogen) atoms. The van der Waals surface area contributed by atoms with Crippen LogP contribution < -0.4 is 0 Å². The van der Waals surface area contributed by atoms with Crippen LogP contribution in [-0.4, -0.2) is 34.6 Å². The molecule has 1 fully saturated rings. The van der Waals surface area contributed by atoms with Gasteiger partial charge < -0.3 is 9.72 Å². The van der Waals surface area contributed by atoms with Crippen molar-refractivity contribution in [1.29, 1.82) is 0 Å². The smallest absolute Gasteiger partial charge is 0.371 e. The molecule has 2 heterocycles. The molecule has 1 atom stereocenters. The minimum Gasteiger partial charge on any atom is -0.371 e. The number of alkyl halides is 3. The third-order valence-corrected chi connectivity index (χ3v) is 3.71. The molecule has 1 aliphatic rings. The number of ether oxygens (including phenoxy) is 1. The highest BCUT2D eigenvalue weighted by molar-refractivity contribution is 5.26. The fourth-order valence-corrected chi connectivity index (χ4v) is 2.55. The van der Waals surface area contributed by atoms with Crippen LogP contribution in [-0.2, 0) is 17.5 Å². The lowest BCUT2D eigenvalue weighted by atomic mass is 10.1. The number of H-pyrrole nitrogens is 1. The van der Waals surface area contributed by atoms with Crippen molar-refractivity contribution in [1.82, 2.24) is 14.9 Å². The molecule has 0 spiro atoms. The zero-order valence-electron chi connectivity index (χ0n) is 11.8. The summed E-state index contributed by atoms with van der Waals surface area (Å²) in [5.41, 5.74) is 1.14. The summed E-state index contributed by atoms with van der Waals surface area (Å²) in [6, 6.07) is 5.19. The monoisotopic (exact) mass is 311 g/mol. The molecule has 1 aromatic carbocycles. The SMILES string of the molecule is FC(F)(F)c1ccc(C2CN(Cc3cnc[nH]3)CCO2)cc1. The number of aromatic nitrogens is 2. The van der Waals surface area contributed by atoms with Gasteiger partial charge in [-0.15, -0.1) is 0 Å². The summed E-state index contributed by atoms with van der Waals surface area (Å²) in [4.78, 5) is 9.22. The average molecular weight is 311 g/mol. The minimum atomic E-state index is -4.31. The van der Waals surface area contributed by atoms with Gasteiger partial charge in [0.05, 0.1) is 24.6 Å². The predicted octanol–water partition coefficient (Wildman–Crippen LogP) is 3.00. The Morgan fingerprint density at radius 2 is 2.05 bits per heavy atom. The van der Waals surface area contributed by atoms with E-state index in [0.717, 1.165) is 36.5 Å². The van der Waals surface area contributed by atoms with Crippen LogP contribution in [0.4, 0.5) is 13.2 Å². The number of nitrogens with zero attached hydrogens (tertiary/aromatic N) is 2. The zero-order valence-corrected chi connectivity index (χ0v) is 11.8. The van der Waals surface area contributed by atoms with E-state index in [2.05, 4.69) is 14.9 Å². The number of hydrogen-bond donors (Lipinski definition) is 1. The van der Waals surface area contributed by atoms with Gasteiger partial charge >= 0.3 is 6.18 Å². The van der Waals surface area contributed by atoms with E-state index < -0.39 is 11.7 Å². The molecule has 0 radical (unpaired) electrons. The molecule has 1 saturated heterocycles. The van der Waals surface area contributed by atoms with Gasteiger partial charge in [-0.05, 0) is 17.7 Å². The van der Waals surface area contributed by atoms with E-state index in [9.17, 15) is 13.2 Å². The summed E-state index contributed by atoms with van der Waals surface area (Å²) >= 11 is 0. The Kier molecular flexibility index (Phi) is 4.17. The Morgan fingerprint density at radius 1 is 1.27 bits per heavy atom. The van der Waals surface area contributed by atoms with Gasteiger partial charge in [-0.1, -0.05) is 12.1 Å². The van der Waals surface area contributed by atoms with Crippen LogP contribution >= 0.6 is 0 Å². The van der Waals surface area contributed by atoms with Crippen molar-refractivity contribution >= 4 is 0 Å². The maximum Gasteiger partial charge on any atom is 0.416 e. The molecule has 1 unspecified atom stereocenters. The van der Waals surface area contributed by atoms with Gasteiger partial charge in [-0.3, -0.25) is 4.90 Å². The van der Waals surface area contributed by atoms with E-state index in [0.29, 0.717) is 13.2 Å². The topological polar surface area (TPSA) is 41.2 Å². The molecule has 118 valence electrons. The van der Waals surface area contributed by atoms with E-state index in [1.54, 1.807) is 12.5 Å². The fraction of sp³-hybridized carbons (Fsp3) is 0.400. The Balaban J connectivity index is 1.66. The van der Waals surface area contributed by atoms with Crippen LogP contribution in [0.15, 0.2) is 36.8 Å². The molecule has 7 heteroatoms. The number of aromatic amines is 1. The quantitative estimate of drug-likeness (QED) is 0.947. The van der Waals surface area contributed by atoms with E-state index in [-0.39, 0.29) is 6.10 Å². The third-order valence-electron chi connectivity index (χ3n) is 3.71. The first kappa shape index (κ1) is 15.1. The Labute approximate surface area is 125 Å². The maximum absolute atomic E-state index is 12.6. The van der Waals surface area contributed by atoms with Gasteiger partial charge in [0.1, 0.15) is 0 Å². The summed E-state index contributed by atoms with van der Waals surface area (Å²) in [5, 5.41) is 0. The van der Waals surface area contributed by atoms with Gasteiger partial charge in [0.2, 0.25) is 0 Å². The lowest BCUT2D eigenvalue weighted by Crippen LogP contribution is -2.37. The van der Waals surface area contributed by atoms with Crippen LogP contribution in [0.25, 0.3) is 0 Å². The van der Waals surface area contributed by atoms with Gasteiger partial charge in [0.15, 0.2) is 0 Å². The molecule has 2 aromatic rings. The molecule has 3 rings (SSSR count). The number of hydrogen-bond acceptors (Lipinski definition) is 3. The number of rotatable bonds is 3. The first-order chi connectivity index (χ1) is 10.5. The largest absolute Gasteiger partial charge is 0.416 e. The van der Waals surface area contributed by atoms with Crippen molar-refractivity contribution in [3.8, 4) is 0 Å². The van der Waals surface area contributed by atoms with Crippen LogP contribution in [0.5, 0.6) is 0 Å². The van der Waals surface area contributed by atoms with Crippen LogP contribution in [0.1, 0.15) is 22.9 Å². The molecule has 0 amide bonds. The standard InChI is InChI=1S/C15H16F3N3O/c16-15(17,18)12-3-1-11(2-4-12)14-9-21(5-6-22-14)8-13-7-19-10-20-13/h1-4,7,10,14H,5-6,8-9H2,(H,19,20). The Bertz CT molecular complexity index is 595. The van der Waals surface area contributed by atoms with Crippen molar-refractivity contribution in [2.24, 2.45) is 0 Å². The average Bonchev–Trinajstić information content (AvgIpc) is 3.00. The number of halogens is 3. The Morgan fingerprint density at radius 3 is 2.68 bits per heavy atom. The van der Waals surface area contributed by atoms with Crippen LogP contribution in [0, 0.1) is 0 Å². The summed E-state index contributed by atoms with van der Waals surface area (Å²) in [7, 11) is 0. The number of morpholine rings is 1. The second-order valence-electron chi connectivity index (χ2n) is 5.29. The lowest BCUT2D eigenvalue weighted by Gasteiger charge is -2.32. The number of nitrogens with one attached hydrogen (secondary N) is 1. The van der Waals surface area contributed by atoms with Gasteiger partial charge in [0, 0.05) is 31.5 Å². The van der Waals surface area contributed by atoms with E-state index >= 15 is 0 Å². The highest BCUT2D eigenvalue weighted by Gasteiger charge is 2.30. The van der Waals surface area contributed by atoms with E-state index in [4.69, 9.17) is 4.74 Å². The molecule has 1 aromatic heterocycles. The maximum atomic E-state index is 12.6. The normalized spacial score (nSPS) is 20.2. The second kappa shape index (κ2) is 6.10. The number of imidazole rings is 1. The molecule has 0 bridgehead atoms. The molecular formula is C15H16F3N3O. The fourth-order valence-electron chi connectivity index (χ4n) is 2.55. The van der Waals surface area contributed by atoms with Crippen LogP contribution in [0.2, 0.25) is 0 Å². The highest BCUT2D eigenvalue weighted by atomic mass is 19.4. The lowest BCUT2D eigenvalue weighted by molar-refractivity contribution is -0.137. The van der Waals surface area contributed by atoms with Gasteiger partial charge in [0.25, 0.3) is 0 Å². The predicted molar refractivity (Wildman–Crippen MR) is 74.0 cm³/mol. The Hall–Kier alpha value is -1.86. The van der Waals surface area contributed by atoms with Crippen molar-refractivity contribution in [3.05, 3.63) is 53.6 Å². The van der Waals surface area contributed by atoms with Crippen LogP contribution in [0.3, 0.4) is 0 Å². The summed E-state index contributed by atoms with van der Waals surface area (Å²) in [5.74, 6) is 0. The molecule has 1 aliphatic heterocycles. The van der Waals surface area contributed by atoms with E-state index in [1.165, 1.54) is 12.1 Å². The summed E-state index contributed by atoms with van der Waals surface area (Å²) < 4.78 is 43.5. The first-order valence-electron chi connectivity index (χ1n) is 7.01. The molecule has 0 saturated carbocycles. The van der Waals surface area contributed by atoms with Crippen molar-refractivity contribution in [2.75, 3.05) is 19.7 Å². The first-order valence-corrected chi connectivity index (χ1v) is 7.01. The minimum absolute atomic E-state index is 0.209. The molecule has 0 aliphatic carbocycles. The number of benzene rings is 1. The highest BCUT2D eigenvalue weighted by Crippen LogP contribution is 2.31. The second-order valence-corrected chi connectivity index (χ2v) is 5.29. The van der Waals surface area contributed by atoms with Crippen molar-refractivity contribution in [2.45, 2.75) is 18.8 Å². The van der Waals surface area contributed by atoms with Crippen molar-refractivity contribution < 1.29 is 17.9 Å². The molecule has 4 nitrogen and oxygen atoms in total. The van der Waals surface area contributed by atoms with Gasteiger partial charge in [-0.25, -0.2) is 4.98 Å². The van der Waals surface area contributed by atoms with Crippen molar-refractivity contribution in [3.63, 3.8) is 0 Å². The van der Waals surface area contributed by atoms with Gasteiger partial charge in [-0.2, -0.15) is 13.2 Å². The van der Waals surface area contributed by atoms with E-state index in [1.807, 2.05) is 0 Å². The third kappa shape index (κ3) is 3.48.